The minimum atomic E-state index is -0.717. The van der Waals surface area contributed by atoms with E-state index in [0.29, 0.717) is 0 Å². The molecule has 0 aliphatic carbocycles. The predicted octanol–water partition coefficient (Wildman–Crippen LogP) is 2.40. The second-order valence-electron chi connectivity index (χ2n) is 3.28. The summed E-state index contributed by atoms with van der Waals surface area (Å²) in [6.07, 6.45) is 0. The normalized spacial score (nSPS) is 10.4. The van der Waals surface area contributed by atoms with Gasteiger partial charge in [0.25, 0.3) is 5.91 Å². The van der Waals surface area contributed by atoms with Gasteiger partial charge in [-0.05, 0) is 17.7 Å². The van der Waals surface area contributed by atoms with Crippen LogP contribution in [0, 0.1) is 11.6 Å². The molecule has 0 radical (unpaired) electrons. The van der Waals surface area contributed by atoms with E-state index in [4.69, 9.17) is 11.6 Å². The molecule has 0 fully saturated rings. The third-order valence-electron chi connectivity index (χ3n) is 2.05. The van der Waals surface area contributed by atoms with Crippen molar-refractivity contribution < 1.29 is 13.6 Å². The van der Waals surface area contributed by atoms with Gasteiger partial charge in [-0.15, -0.1) is 10.2 Å². The number of carbonyl (C=O) groups excluding carboxylic acids is 1. The van der Waals surface area contributed by atoms with E-state index in [-0.39, 0.29) is 21.6 Å². The molecule has 94 valence electrons. The average molecular weight is 290 g/mol. The van der Waals surface area contributed by atoms with Gasteiger partial charge < -0.3 is 5.32 Å². The van der Waals surface area contributed by atoms with E-state index in [1.54, 1.807) is 0 Å². The van der Waals surface area contributed by atoms with Gasteiger partial charge >= 0.3 is 0 Å². The molecule has 0 saturated carbocycles. The minimum Gasteiger partial charge on any atom is -0.346 e. The van der Waals surface area contributed by atoms with Crippen LogP contribution in [0.3, 0.4) is 0 Å². The lowest BCUT2D eigenvalue weighted by atomic mass is 10.2. The molecule has 4 nitrogen and oxygen atoms in total. The molecule has 1 amide bonds. The quantitative estimate of drug-likeness (QED) is 0.944. The Kier molecular flexibility index (Phi) is 3.83. The molecule has 1 heterocycles. The molecule has 1 N–H and O–H groups in total. The SMILES string of the molecule is O=C(NCc1ccc(F)cc1F)c1nnc(Cl)s1. The number of hydrogen-bond donors (Lipinski definition) is 1. The number of aromatic nitrogens is 2. The first-order valence-electron chi connectivity index (χ1n) is 4.77. The van der Waals surface area contributed by atoms with Crippen molar-refractivity contribution in [2.45, 2.75) is 6.54 Å². The molecule has 8 heteroatoms. The van der Waals surface area contributed by atoms with Crippen molar-refractivity contribution in [1.82, 2.24) is 15.5 Å². The lowest BCUT2D eigenvalue weighted by molar-refractivity contribution is 0.0949. The fraction of sp³-hybridized carbons (Fsp3) is 0.100. The number of benzene rings is 1. The number of nitrogens with one attached hydrogen (secondary N) is 1. The zero-order chi connectivity index (χ0) is 13.1. The van der Waals surface area contributed by atoms with Crippen LogP contribution >= 0.6 is 22.9 Å². The van der Waals surface area contributed by atoms with Gasteiger partial charge in [0.1, 0.15) is 11.6 Å². The van der Waals surface area contributed by atoms with Crippen LogP contribution in [0.2, 0.25) is 4.47 Å². The van der Waals surface area contributed by atoms with Gasteiger partial charge in [-0.2, -0.15) is 0 Å². The molecule has 1 aromatic heterocycles. The highest BCUT2D eigenvalue weighted by Gasteiger charge is 2.12. The summed E-state index contributed by atoms with van der Waals surface area (Å²) in [5.41, 5.74) is 0.181. The molecule has 0 aliphatic heterocycles. The third-order valence-corrected chi connectivity index (χ3v) is 3.07. The molecular weight excluding hydrogens is 284 g/mol. The average Bonchev–Trinajstić information content (AvgIpc) is 2.74. The van der Waals surface area contributed by atoms with Crippen molar-refractivity contribution >= 4 is 28.8 Å². The van der Waals surface area contributed by atoms with Crippen LogP contribution in [-0.2, 0) is 6.54 Å². The highest BCUT2D eigenvalue weighted by molar-refractivity contribution is 7.17. The Morgan fingerprint density at radius 3 is 2.78 bits per heavy atom. The zero-order valence-corrected chi connectivity index (χ0v) is 10.4. The molecule has 0 atom stereocenters. The molecule has 0 spiro atoms. The maximum Gasteiger partial charge on any atom is 0.282 e. The Labute approximate surface area is 110 Å². The summed E-state index contributed by atoms with van der Waals surface area (Å²) in [4.78, 5) is 11.6. The van der Waals surface area contributed by atoms with Gasteiger partial charge in [0.15, 0.2) is 0 Å². The monoisotopic (exact) mass is 289 g/mol. The van der Waals surface area contributed by atoms with Gasteiger partial charge in [-0.3, -0.25) is 4.79 Å². The van der Waals surface area contributed by atoms with E-state index in [0.717, 1.165) is 23.5 Å². The van der Waals surface area contributed by atoms with Gasteiger partial charge in [0.05, 0.1) is 0 Å². The Hall–Kier alpha value is -1.60. The molecule has 0 unspecified atom stereocenters. The van der Waals surface area contributed by atoms with Gasteiger partial charge in [-0.1, -0.05) is 17.4 Å². The van der Waals surface area contributed by atoms with Crippen LogP contribution in [0.4, 0.5) is 8.78 Å². The van der Waals surface area contributed by atoms with E-state index < -0.39 is 17.5 Å². The van der Waals surface area contributed by atoms with Crippen molar-refractivity contribution in [3.8, 4) is 0 Å². The van der Waals surface area contributed by atoms with E-state index in [1.807, 2.05) is 0 Å². The van der Waals surface area contributed by atoms with Crippen molar-refractivity contribution in [2.24, 2.45) is 0 Å². The van der Waals surface area contributed by atoms with Gasteiger partial charge in [-0.25, -0.2) is 8.78 Å². The summed E-state index contributed by atoms with van der Waals surface area (Å²) >= 11 is 6.44. The maximum atomic E-state index is 13.3. The number of nitrogens with zero attached hydrogens (tertiary/aromatic N) is 2. The van der Waals surface area contributed by atoms with Gasteiger partial charge in [0.2, 0.25) is 9.47 Å². The molecule has 0 aliphatic rings. The topological polar surface area (TPSA) is 54.9 Å². The van der Waals surface area contributed by atoms with Gasteiger partial charge in [0, 0.05) is 18.2 Å². The van der Waals surface area contributed by atoms with Crippen LogP contribution in [-0.4, -0.2) is 16.1 Å². The van der Waals surface area contributed by atoms with E-state index >= 15 is 0 Å². The number of hydrogen-bond acceptors (Lipinski definition) is 4. The molecule has 2 rings (SSSR count). The van der Waals surface area contributed by atoms with Crippen LogP contribution in [0.5, 0.6) is 0 Å². The largest absolute Gasteiger partial charge is 0.346 e. The highest BCUT2D eigenvalue weighted by atomic mass is 35.5. The second kappa shape index (κ2) is 5.36. The lowest BCUT2D eigenvalue weighted by Gasteiger charge is -2.04. The Bertz CT molecular complexity index is 590. The number of rotatable bonds is 3. The lowest BCUT2D eigenvalue weighted by Crippen LogP contribution is -2.23. The van der Waals surface area contributed by atoms with Crippen LogP contribution < -0.4 is 5.32 Å². The molecule has 0 saturated heterocycles. The molecular formula is C10H6ClF2N3OS. The Balaban J connectivity index is 2.01. The van der Waals surface area contributed by atoms with Crippen LogP contribution in [0.1, 0.15) is 15.4 Å². The molecule has 18 heavy (non-hydrogen) atoms. The van der Waals surface area contributed by atoms with E-state index in [2.05, 4.69) is 15.5 Å². The summed E-state index contributed by atoms with van der Waals surface area (Å²) in [7, 11) is 0. The van der Waals surface area contributed by atoms with Crippen LogP contribution in [0.25, 0.3) is 0 Å². The maximum absolute atomic E-state index is 13.3. The molecule has 2 aromatic rings. The first kappa shape index (κ1) is 12.8. The fourth-order valence-electron chi connectivity index (χ4n) is 1.21. The fourth-order valence-corrected chi connectivity index (χ4v) is 1.96. The first-order chi connectivity index (χ1) is 8.56. The second-order valence-corrected chi connectivity index (χ2v) is 4.84. The highest BCUT2D eigenvalue weighted by Crippen LogP contribution is 2.15. The number of carbonyl (C=O) groups is 1. The van der Waals surface area contributed by atoms with E-state index in [9.17, 15) is 13.6 Å². The van der Waals surface area contributed by atoms with Crippen molar-refractivity contribution in [1.29, 1.82) is 0 Å². The molecule has 0 bridgehead atoms. The molecule has 1 aromatic carbocycles. The van der Waals surface area contributed by atoms with Crippen LogP contribution in [0.15, 0.2) is 18.2 Å². The summed E-state index contributed by atoms with van der Waals surface area (Å²) in [5, 5.41) is 9.53. The first-order valence-corrected chi connectivity index (χ1v) is 5.97. The summed E-state index contributed by atoms with van der Waals surface area (Å²) in [6, 6.07) is 3.13. The number of halogens is 3. The predicted molar refractivity (Wildman–Crippen MR) is 62.4 cm³/mol. The minimum absolute atomic E-state index is 0.0673. The standard InChI is InChI=1S/C10H6ClF2N3OS/c11-10-16-15-9(18-10)8(17)14-4-5-1-2-6(12)3-7(5)13/h1-3H,4H2,(H,14,17). The third kappa shape index (κ3) is 2.99. The smallest absolute Gasteiger partial charge is 0.282 e. The summed E-state index contributed by atoms with van der Waals surface area (Å²) in [5.74, 6) is -1.90. The van der Waals surface area contributed by atoms with Crippen molar-refractivity contribution in [3.05, 3.63) is 44.9 Å². The number of amides is 1. The van der Waals surface area contributed by atoms with Crippen molar-refractivity contribution in [2.75, 3.05) is 0 Å². The summed E-state index contributed by atoms with van der Waals surface area (Å²) in [6.45, 7) is -0.0673. The Morgan fingerprint density at radius 1 is 1.39 bits per heavy atom. The van der Waals surface area contributed by atoms with E-state index in [1.165, 1.54) is 6.07 Å². The Morgan fingerprint density at radius 2 is 2.17 bits per heavy atom. The zero-order valence-electron chi connectivity index (χ0n) is 8.78. The summed E-state index contributed by atoms with van der Waals surface area (Å²) < 4.78 is 26.1. The van der Waals surface area contributed by atoms with Crippen molar-refractivity contribution in [3.63, 3.8) is 0 Å².